The van der Waals surface area contributed by atoms with Gasteiger partial charge in [0.05, 0.1) is 19.1 Å². The van der Waals surface area contributed by atoms with E-state index in [0.717, 1.165) is 29.0 Å². The van der Waals surface area contributed by atoms with Gasteiger partial charge in [-0.1, -0.05) is 43.3 Å². The Hall–Kier alpha value is -2.86. The number of methoxy groups -OCH3 is 1. The number of para-hydroxylation sites is 2. The first kappa shape index (κ1) is 21.8. The molecule has 6 nitrogen and oxygen atoms in total. The van der Waals surface area contributed by atoms with Crippen molar-refractivity contribution in [2.45, 2.75) is 25.8 Å². The Bertz CT molecular complexity index is 897. The number of anilines is 1. The van der Waals surface area contributed by atoms with E-state index < -0.39 is 0 Å². The van der Waals surface area contributed by atoms with Gasteiger partial charge < -0.3 is 19.9 Å². The Morgan fingerprint density at radius 3 is 2.60 bits per heavy atom. The van der Waals surface area contributed by atoms with Crippen LogP contribution in [0.25, 0.3) is 0 Å². The monoisotopic (exact) mass is 409 g/mol. The van der Waals surface area contributed by atoms with Crippen LogP contribution in [0.3, 0.4) is 0 Å². The van der Waals surface area contributed by atoms with Crippen LogP contribution in [0.2, 0.25) is 0 Å². The zero-order chi connectivity index (χ0) is 21.7. The van der Waals surface area contributed by atoms with Gasteiger partial charge in [-0.25, -0.2) is 0 Å². The molecule has 1 N–H and O–H groups in total. The van der Waals surface area contributed by atoms with Gasteiger partial charge in [0.15, 0.2) is 0 Å². The molecule has 3 rings (SSSR count). The Labute approximate surface area is 178 Å². The number of ether oxygens (including phenoxy) is 1. The van der Waals surface area contributed by atoms with Gasteiger partial charge in [0.25, 0.3) is 0 Å². The summed E-state index contributed by atoms with van der Waals surface area (Å²) in [6.07, 6.45) is 1.09. The van der Waals surface area contributed by atoms with Crippen molar-refractivity contribution in [2.24, 2.45) is 5.92 Å². The van der Waals surface area contributed by atoms with Crippen molar-refractivity contribution in [3.63, 3.8) is 0 Å². The summed E-state index contributed by atoms with van der Waals surface area (Å²) >= 11 is 0. The molecule has 1 saturated heterocycles. The summed E-state index contributed by atoms with van der Waals surface area (Å²) in [5, 5.41) is 3.06. The van der Waals surface area contributed by atoms with Gasteiger partial charge >= 0.3 is 0 Å². The standard InChI is InChI=1S/C24H31N3O3/c1-5-17-10-6-8-12-20(17)27-16-18(14-23(27)28)24(29)25-15-21(26(2)3)19-11-7-9-13-22(19)30-4/h6-13,18,21H,5,14-16H2,1-4H3,(H,25,29). The molecule has 2 amide bonds. The van der Waals surface area contributed by atoms with Crippen molar-refractivity contribution in [3.8, 4) is 5.75 Å². The highest BCUT2D eigenvalue weighted by molar-refractivity contribution is 6.00. The Morgan fingerprint density at radius 1 is 1.20 bits per heavy atom. The van der Waals surface area contributed by atoms with E-state index in [1.54, 1.807) is 12.0 Å². The van der Waals surface area contributed by atoms with Crippen LogP contribution >= 0.6 is 0 Å². The first-order chi connectivity index (χ1) is 14.5. The maximum Gasteiger partial charge on any atom is 0.227 e. The molecular weight excluding hydrogens is 378 g/mol. The molecule has 30 heavy (non-hydrogen) atoms. The lowest BCUT2D eigenvalue weighted by molar-refractivity contribution is -0.126. The lowest BCUT2D eigenvalue weighted by Crippen LogP contribution is -2.38. The van der Waals surface area contributed by atoms with Crippen molar-refractivity contribution < 1.29 is 14.3 Å². The predicted molar refractivity (Wildman–Crippen MR) is 119 cm³/mol. The van der Waals surface area contributed by atoms with Crippen LogP contribution in [0.5, 0.6) is 5.75 Å². The summed E-state index contributed by atoms with van der Waals surface area (Å²) in [5.41, 5.74) is 3.06. The molecule has 2 atom stereocenters. The average molecular weight is 410 g/mol. The van der Waals surface area contributed by atoms with Crippen LogP contribution < -0.4 is 15.0 Å². The van der Waals surface area contributed by atoms with Crippen molar-refractivity contribution in [3.05, 3.63) is 59.7 Å². The Morgan fingerprint density at radius 2 is 1.90 bits per heavy atom. The number of amides is 2. The average Bonchev–Trinajstić information content (AvgIpc) is 3.15. The zero-order valence-corrected chi connectivity index (χ0v) is 18.2. The van der Waals surface area contributed by atoms with Gasteiger partial charge in [-0.05, 0) is 38.2 Å². The van der Waals surface area contributed by atoms with Gasteiger partial charge in [-0.15, -0.1) is 0 Å². The van der Waals surface area contributed by atoms with Crippen LogP contribution in [0.15, 0.2) is 48.5 Å². The largest absolute Gasteiger partial charge is 0.496 e. The highest BCUT2D eigenvalue weighted by Gasteiger charge is 2.36. The van der Waals surface area contributed by atoms with E-state index in [4.69, 9.17) is 4.74 Å². The Balaban J connectivity index is 1.68. The van der Waals surface area contributed by atoms with Crippen LogP contribution in [-0.4, -0.2) is 51.0 Å². The van der Waals surface area contributed by atoms with Crippen molar-refractivity contribution in [1.29, 1.82) is 0 Å². The van der Waals surface area contributed by atoms with Crippen LogP contribution in [0, 0.1) is 5.92 Å². The van der Waals surface area contributed by atoms with Gasteiger partial charge in [-0.3, -0.25) is 9.59 Å². The fourth-order valence-electron chi connectivity index (χ4n) is 4.04. The summed E-state index contributed by atoms with van der Waals surface area (Å²) in [6.45, 7) is 2.94. The number of nitrogens with one attached hydrogen (secondary N) is 1. The first-order valence-electron chi connectivity index (χ1n) is 10.4. The van der Waals surface area contributed by atoms with Crippen LogP contribution in [-0.2, 0) is 16.0 Å². The van der Waals surface area contributed by atoms with Crippen molar-refractivity contribution >= 4 is 17.5 Å². The molecule has 0 bridgehead atoms. The molecule has 0 aromatic heterocycles. The van der Waals surface area contributed by atoms with E-state index in [0.29, 0.717) is 13.1 Å². The molecule has 2 aromatic carbocycles. The number of rotatable bonds is 8. The lowest BCUT2D eigenvalue weighted by Gasteiger charge is -2.27. The van der Waals surface area contributed by atoms with E-state index in [-0.39, 0.29) is 30.2 Å². The fourth-order valence-corrected chi connectivity index (χ4v) is 4.04. The van der Waals surface area contributed by atoms with Gasteiger partial charge in [0.2, 0.25) is 11.8 Å². The smallest absolute Gasteiger partial charge is 0.227 e. The number of carbonyl (C=O) groups excluding carboxylic acids is 2. The third-order valence-corrected chi connectivity index (χ3v) is 5.75. The maximum atomic E-state index is 12.9. The number of hydrogen-bond donors (Lipinski definition) is 1. The number of benzene rings is 2. The molecule has 2 unspecified atom stereocenters. The summed E-state index contributed by atoms with van der Waals surface area (Å²) in [7, 11) is 5.61. The zero-order valence-electron chi connectivity index (χ0n) is 18.2. The second kappa shape index (κ2) is 9.76. The number of hydrogen-bond acceptors (Lipinski definition) is 4. The van der Waals surface area contributed by atoms with Crippen LogP contribution in [0.1, 0.15) is 30.5 Å². The van der Waals surface area contributed by atoms with Crippen LogP contribution in [0.4, 0.5) is 5.69 Å². The molecule has 0 spiro atoms. The lowest BCUT2D eigenvalue weighted by atomic mass is 10.0. The minimum atomic E-state index is -0.345. The number of aryl methyl sites for hydroxylation is 1. The van der Waals surface area contributed by atoms with Gasteiger partial charge in [0, 0.05) is 30.8 Å². The van der Waals surface area contributed by atoms with E-state index in [9.17, 15) is 9.59 Å². The molecule has 2 aromatic rings. The number of carbonyl (C=O) groups is 2. The summed E-state index contributed by atoms with van der Waals surface area (Å²) < 4.78 is 5.49. The second-order valence-electron chi connectivity index (χ2n) is 7.85. The fraction of sp³-hybridized carbons (Fsp3) is 0.417. The molecule has 160 valence electrons. The molecule has 0 aliphatic carbocycles. The van der Waals surface area contributed by atoms with E-state index >= 15 is 0 Å². The molecule has 1 heterocycles. The third-order valence-electron chi connectivity index (χ3n) is 5.75. The topological polar surface area (TPSA) is 61.9 Å². The molecule has 1 fully saturated rings. The highest BCUT2D eigenvalue weighted by atomic mass is 16.5. The Kier molecular flexibility index (Phi) is 7.11. The minimum absolute atomic E-state index is 0.00457. The van der Waals surface area contributed by atoms with Crippen molar-refractivity contribution in [1.82, 2.24) is 10.2 Å². The van der Waals surface area contributed by atoms with Gasteiger partial charge in [0.1, 0.15) is 5.75 Å². The SMILES string of the molecule is CCc1ccccc1N1CC(C(=O)NCC(c2ccccc2OC)N(C)C)CC1=O. The molecule has 0 radical (unpaired) electrons. The van der Waals surface area contributed by atoms with E-state index in [1.165, 1.54) is 0 Å². The maximum absolute atomic E-state index is 12.9. The molecular formula is C24H31N3O3. The predicted octanol–water partition coefficient (Wildman–Crippen LogP) is 3.03. The summed E-state index contributed by atoms with van der Waals surface area (Å²) in [4.78, 5) is 29.3. The highest BCUT2D eigenvalue weighted by Crippen LogP contribution is 2.30. The molecule has 0 saturated carbocycles. The van der Waals surface area contributed by atoms with E-state index in [1.807, 2.05) is 62.6 Å². The summed E-state index contributed by atoms with van der Waals surface area (Å²) in [6, 6.07) is 15.7. The molecule has 1 aliphatic rings. The van der Waals surface area contributed by atoms with Gasteiger partial charge in [-0.2, -0.15) is 0 Å². The van der Waals surface area contributed by atoms with E-state index in [2.05, 4.69) is 17.1 Å². The third kappa shape index (κ3) is 4.65. The van der Waals surface area contributed by atoms with Crippen molar-refractivity contribution in [2.75, 3.05) is 39.2 Å². The first-order valence-corrected chi connectivity index (χ1v) is 10.4. The number of likely N-dealkylation sites (N-methyl/N-ethyl adjacent to an activating group) is 1. The molecule has 1 aliphatic heterocycles. The normalized spacial score (nSPS) is 17.3. The quantitative estimate of drug-likeness (QED) is 0.728. The molecule has 6 heteroatoms. The minimum Gasteiger partial charge on any atom is -0.496 e. The summed E-state index contributed by atoms with van der Waals surface area (Å²) in [5.74, 6) is 0.373. The second-order valence-corrected chi connectivity index (χ2v) is 7.85. The number of nitrogens with zero attached hydrogens (tertiary/aromatic N) is 2.